The topological polar surface area (TPSA) is 35.5 Å². The van der Waals surface area contributed by atoms with E-state index in [9.17, 15) is 4.79 Å². The lowest BCUT2D eigenvalue weighted by Crippen LogP contribution is -2.10. The van der Waals surface area contributed by atoms with Crippen LogP contribution >= 0.6 is 0 Å². The molecule has 0 N–H and O–H groups in total. The molecule has 0 aromatic carbocycles. The molecule has 0 rings (SSSR count). The smallest absolute Gasteiger partial charge is 0.333 e. The van der Waals surface area contributed by atoms with Crippen molar-refractivity contribution in [2.75, 3.05) is 13.2 Å². The van der Waals surface area contributed by atoms with Crippen LogP contribution in [0.4, 0.5) is 0 Å². The summed E-state index contributed by atoms with van der Waals surface area (Å²) in [5, 5.41) is 0. The molecule has 0 bridgehead atoms. The average Bonchev–Trinajstić information content (AvgIpc) is 2.09. The summed E-state index contributed by atoms with van der Waals surface area (Å²) >= 11 is 0. The van der Waals surface area contributed by atoms with Gasteiger partial charge in [0.2, 0.25) is 0 Å². The van der Waals surface area contributed by atoms with E-state index in [0.29, 0.717) is 12.2 Å². The Balaban J connectivity index is 3.22. The number of hydrogen-bond donors (Lipinski definition) is 0. The minimum atomic E-state index is -0.880. The highest BCUT2D eigenvalue weighted by Crippen LogP contribution is 1.97. The third kappa shape index (κ3) is 8.01. The van der Waals surface area contributed by atoms with Gasteiger partial charge in [-0.05, 0) is 32.9 Å². The summed E-state index contributed by atoms with van der Waals surface area (Å²) < 4.78 is 10.4. The molecule has 82 valence electrons. The van der Waals surface area contributed by atoms with Gasteiger partial charge in [-0.15, -0.1) is 0 Å². The molecule has 0 heterocycles. The van der Waals surface area contributed by atoms with E-state index in [1.54, 1.807) is 6.92 Å². The van der Waals surface area contributed by atoms with E-state index in [2.05, 4.69) is 19.7 Å². The predicted octanol–water partition coefficient (Wildman–Crippen LogP) is 1.89. The highest BCUT2D eigenvalue weighted by Gasteiger charge is 2.01. The molecule has 0 saturated carbocycles. The van der Waals surface area contributed by atoms with Crippen LogP contribution < -0.4 is 0 Å². The third-order valence-electron chi connectivity index (χ3n) is 1.57. The number of hydrogen-bond acceptors (Lipinski definition) is 3. The van der Waals surface area contributed by atoms with E-state index in [4.69, 9.17) is 9.16 Å². The number of rotatable bonds is 7. The van der Waals surface area contributed by atoms with Gasteiger partial charge in [0.05, 0.1) is 6.61 Å². The molecule has 0 amide bonds. The van der Waals surface area contributed by atoms with Gasteiger partial charge in [0, 0.05) is 12.2 Å². The van der Waals surface area contributed by atoms with Gasteiger partial charge in [-0.2, -0.15) is 0 Å². The molecule has 4 heteroatoms. The number of unbranched alkanes of at least 4 members (excludes halogenated alkanes) is 1. The average molecular weight is 216 g/mol. The lowest BCUT2D eigenvalue weighted by atomic mass is 10.3. The minimum absolute atomic E-state index is 0.302. The standard InChI is InChI=1S/C10H20O3Si/c1-9(2)10(11)12-7-5-6-8-13-14(3)4/h14H,1,5-8H2,2-4H3. The van der Waals surface area contributed by atoms with E-state index >= 15 is 0 Å². The molecule has 0 fully saturated rings. The van der Waals surface area contributed by atoms with Gasteiger partial charge in [0.1, 0.15) is 0 Å². The van der Waals surface area contributed by atoms with Gasteiger partial charge in [0.25, 0.3) is 0 Å². The van der Waals surface area contributed by atoms with E-state index < -0.39 is 9.04 Å². The molecule has 0 radical (unpaired) electrons. The molecule has 0 aliphatic heterocycles. The van der Waals surface area contributed by atoms with Crippen molar-refractivity contribution < 1.29 is 14.0 Å². The highest BCUT2D eigenvalue weighted by atomic mass is 28.3. The zero-order valence-electron chi connectivity index (χ0n) is 9.34. The summed E-state index contributed by atoms with van der Waals surface area (Å²) in [5.74, 6) is -0.302. The van der Waals surface area contributed by atoms with Crippen molar-refractivity contribution in [2.24, 2.45) is 0 Å². The summed E-state index contributed by atoms with van der Waals surface area (Å²) in [7, 11) is -0.880. The normalized spacial score (nSPS) is 10.3. The highest BCUT2D eigenvalue weighted by molar-refractivity contribution is 6.48. The van der Waals surface area contributed by atoms with Gasteiger partial charge in [-0.3, -0.25) is 0 Å². The second-order valence-electron chi connectivity index (χ2n) is 3.54. The first-order valence-electron chi connectivity index (χ1n) is 4.98. The largest absolute Gasteiger partial charge is 0.462 e. The van der Waals surface area contributed by atoms with Crippen LogP contribution in [0.2, 0.25) is 13.1 Å². The van der Waals surface area contributed by atoms with Gasteiger partial charge in [0.15, 0.2) is 9.04 Å². The molecule has 0 aliphatic rings. The Morgan fingerprint density at radius 3 is 2.36 bits per heavy atom. The van der Waals surface area contributed by atoms with Crippen LogP contribution in [0.5, 0.6) is 0 Å². The van der Waals surface area contributed by atoms with Crippen molar-refractivity contribution in [3.05, 3.63) is 12.2 Å². The predicted molar refractivity (Wildman–Crippen MR) is 59.8 cm³/mol. The zero-order valence-corrected chi connectivity index (χ0v) is 10.5. The second-order valence-corrected chi connectivity index (χ2v) is 5.97. The summed E-state index contributed by atoms with van der Waals surface area (Å²) in [5.41, 5.74) is 0.454. The Labute approximate surface area is 87.8 Å². The summed E-state index contributed by atoms with van der Waals surface area (Å²) in [4.78, 5) is 10.9. The van der Waals surface area contributed by atoms with Crippen molar-refractivity contribution in [1.29, 1.82) is 0 Å². The fraction of sp³-hybridized carbons (Fsp3) is 0.700. The number of carbonyl (C=O) groups excluding carboxylic acids is 1. The molecule has 0 saturated heterocycles. The van der Waals surface area contributed by atoms with Crippen LogP contribution in [-0.2, 0) is 14.0 Å². The zero-order chi connectivity index (χ0) is 11.0. The van der Waals surface area contributed by atoms with Crippen molar-refractivity contribution >= 4 is 15.0 Å². The van der Waals surface area contributed by atoms with Crippen LogP contribution in [0.15, 0.2) is 12.2 Å². The van der Waals surface area contributed by atoms with Crippen molar-refractivity contribution in [3.63, 3.8) is 0 Å². The van der Waals surface area contributed by atoms with Crippen LogP contribution in [0, 0.1) is 0 Å². The van der Waals surface area contributed by atoms with Crippen LogP contribution in [-0.4, -0.2) is 28.2 Å². The Bertz CT molecular complexity index is 190. The number of esters is 1. The third-order valence-corrected chi connectivity index (χ3v) is 2.47. The number of ether oxygens (including phenoxy) is 1. The first kappa shape index (κ1) is 13.4. The van der Waals surface area contributed by atoms with E-state index in [0.717, 1.165) is 19.4 Å². The fourth-order valence-electron chi connectivity index (χ4n) is 0.811. The van der Waals surface area contributed by atoms with E-state index in [-0.39, 0.29) is 5.97 Å². The summed E-state index contributed by atoms with van der Waals surface area (Å²) in [6.45, 7) is 10.7. The van der Waals surface area contributed by atoms with Gasteiger partial charge >= 0.3 is 5.97 Å². The lowest BCUT2D eigenvalue weighted by molar-refractivity contribution is -0.139. The van der Waals surface area contributed by atoms with Crippen molar-refractivity contribution in [1.82, 2.24) is 0 Å². The minimum Gasteiger partial charge on any atom is -0.462 e. The first-order chi connectivity index (χ1) is 6.54. The van der Waals surface area contributed by atoms with Crippen molar-refractivity contribution in [3.8, 4) is 0 Å². The first-order valence-corrected chi connectivity index (χ1v) is 7.76. The van der Waals surface area contributed by atoms with Gasteiger partial charge < -0.3 is 9.16 Å². The fourth-order valence-corrected chi connectivity index (χ4v) is 1.45. The molecular formula is C10H20O3Si. The second kappa shape index (κ2) is 7.76. The van der Waals surface area contributed by atoms with E-state index in [1.807, 2.05) is 0 Å². The SMILES string of the molecule is C=C(C)C(=O)OCCCCO[SiH](C)C. The Hall–Kier alpha value is -0.613. The maximum Gasteiger partial charge on any atom is 0.333 e. The van der Waals surface area contributed by atoms with Crippen LogP contribution in [0.1, 0.15) is 19.8 Å². The maximum absolute atomic E-state index is 10.9. The molecule has 0 aromatic heterocycles. The van der Waals surface area contributed by atoms with Crippen molar-refractivity contribution in [2.45, 2.75) is 32.9 Å². The van der Waals surface area contributed by atoms with Crippen LogP contribution in [0.25, 0.3) is 0 Å². The Morgan fingerprint density at radius 2 is 1.86 bits per heavy atom. The van der Waals surface area contributed by atoms with Gasteiger partial charge in [-0.25, -0.2) is 4.79 Å². The molecular weight excluding hydrogens is 196 g/mol. The summed E-state index contributed by atoms with van der Waals surface area (Å²) in [6, 6.07) is 0. The van der Waals surface area contributed by atoms with Gasteiger partial charge in [-0.1, -0.05) is 6.58 Å². The maximum atomic E-state index is 10.9. The number of carbonyl (C=O) groups is 1. The Morgan fingerprint density at radius 1 is 1.29 bits per heavy atom. The quantitative estimate of drug-likeness (QED) is 0.282. The Kier molecular flexibility index (Phi) is 7.42. The van der Waals surface area contributed by atoms with Crippen LogP contribution in [0.3, 0.4) is 0 Å². The molecule has 14 heavy (non-hydrogen) atoms. The summed E-state index contributed by atoms with van der Waals surface area (Å²) in [6.07, 6.45) is 1.81. The molecule has 0 aliphatic carbocycles. The monoisotopic (exact) mass is 216 g/mol. The lowest BCUT2D eigenvalue weighted by Gasteiger charge is -2.06. The molecule has 0 atom stereocenters. The molecule has 3 nitrogen and oxygen atoms in total. The molecule has 0 spiro atoms. The molecule has 0 unspecified atom stereocenters. The van der Waals surface area contributed by atoms with E-state index in [1.165, 1.54) is 0 Å². The molecule has 0 aromatic rings.